The number of methoxy groups -OCH3 is 1. The van der Waals surface area contributed by atoms with E-state index in [2.05, 4.69) is 4.90 Å². The number of hydrogen-bond acceptors (Lipinski definition) is 2. The predicted molar refractivity (Wildman–Crippen MR) is 76.3 cm³/mol. The molecule has 0 amide bonds. The van der Waals surface area contributed by atoms with Gasteiger partial charge in [0, 0.05) is 24.0 Å². The van der Waals surface area contributed by atoms with Crippen LogP contribution in [0.5, 0.6) is 5.75 Å². The molecule has 1 aromatic carbocycles. The van der Waals surface area contributed by atoms with E-state index in [1.165, 1.54) is 26.4 Å². The molecule has 1 saturated carbocycles. The first-order valence-electron chi connectivity index (χ1n) is 6.87. The van der Waals surface area contributed by atoms with E-state index in [1.807, 2.05) is 12.1 Å². The first-order valence-corrected chi connectivity index (χ1v) is 7.41. The average molecular weight is 286 g/mol. The summed E-state index contributed by atoms with van der Waals surface area (Å²) in [6, 6.07) is 5.93. The molecule has 1 aromatic rings. The van der Waals surface area contributed by atoms with Crippen molar-refractivity contribution in [1.29, 1.82) is 0 Å². The monoisotopic (exact) mass is 285 g/mol. The maximum Gasteiger partial charge on any atom is 0.169 e. The highest BCUT2D eigenvalue weighted by molar-refractivity contribution is 6.17. The van der Waals surface area contributed by atoms with Gasteiger partial charge in [-0.1, -0.05) is 18.6 Å². The molecule has 0 N–H and O–H groups in total. The molecule has 0 aliphatic heterocycles. The summed E-state index contributed by atoms with van der Waals surface area (Å²) in [6.45, 7) is 1.58. The number of alkyl halides is 1. The van der Waals surface area contributed by atoms with Crippen LogP contribution in [0, 0.1) is 5.82 Å². The lowest BCUT2D eigenvalue weighted by atomic mass is 9.91. The highest BCUT2D eigenvalue weighted by Crippen LogP contribution is 2.28. The first-order chi connectivity index (χ1) is 9.26. The van der Waals surface area contributed by atoms with Gasteiger partial charge in [0.1, 0.15) is 0 Å². The Kier molecular flexibility index (Phi) is 5.46. The number of rotatable bonds is 7. The predicted octanol–water partition coefficient (Wildman–Crippen LogP) is 3.82. The second-order valence-electron chi connectivity index (χ2n) is 5.03. The molecule has 0 aromatic heterocycles. The molecule has 0 saturated heterocycles. The average Bonchev–Trinajstić information content (AvgIpc) is 2.36. The van der Waals surface area contributed by atoms with Crippen LogP contribution in [-0.4, -0.2) is 30.5 Å². The van der Waals surface area contributed by atoms with Crippen molar-refractivity contribution < 1.29 is 9.13 Å². The molecule has 1 aliphatic carbocycles. The Morgan fingerprint density at radius 2 is 2.21 bits per heavy atom. The Morgan fingerprint density at radius 1 is 1.42 bits per heavy atom. The third-order valence-electron chi connectivity index (χ3n) is 3.81. The van der Waals surface area contributed by atoms with Gasteiger partial charge >= 0.3 is 0 Å². The van der Waals surface area contributed by atoms with E-state index in [0.717, 1.165) is 13.0 Å². The summed E-state index contributed by atoms with van der Waals surface area (Å²) in [6.07, 6.45) is 4.66. The van der Waals surface area contributed by atoms with Gasteiger partial charge in [-0.3, -0.25) is 4.90 Å². The maximum absolute atomic E-state index is 14.2. The summed E-state index contributed by atoms with van der Waals surface area (Å²) in [5, 5.41) is 0. The van der Waals surface area contributed by atoms with Crippen molar-refractivity contribution in [2.24, 2.45) is 0 Å². The Balaban J connectivity index is 2.07. The van der Waals surface area contributed by atoms with Crippen molar-refractivity contribution in [3.8, 4) is 5.75 Å². The molecule has 0 spiro atoms. The fourth-order valence-corrected chi connectivity index (χ4v) is 2.58. The van der Waals surface area contributed by atoms with E-state index in [0.29, 0.717) is 29.8 Å². The van der Waals surface area contributed by atoms with Gasteiger partial charge in [0.25, 0.3) is 0 Å². The van der Waals surface area contributed by atoms with Crippen molar-refractivity contribution in [3.05, 3.63) is 29.6 Å². The molecule has 4 heteroatoms. The van der Waals surface area contributed by atoms with E-state index in [1.54, 1.807) is 6.07 Å². The molecule has 0 radical (unpaired) electrons. The van der Waals surface area contributed by atoms with Gasteiger partial charge in [-0.25, -0.2) is 4.39 Å². The third kappa shape index (κ3) is 3.61. The fourth-order valence-electron chi connectivity index (χ4n) is 2.46. The second-order valence-corrected chi connectivity index (χ2v) is 5.41. The van der Waals surface area contributed by atoms with Crippen LogP contribution in [0.2, 0.25) is 0 Å². The van der Waals surface area contributed by atoms with E-state index in [9.17, 15) is 4.39 Å². The molecule has 1 aliphatic rings. The van der Waals surface area contributed by atoms with Gasteiger partial charge in [-0.2, -0.15) is 0 Å². The SMILES string of the molecule is COc1cccc(CN(CCCCl)C2CCC2)c1F. The second kappa shape index (κ2) is 7.11. The third-order valence-corrected chi connectivity index (χ3v) is 4.07. The van der Waals surface area contributed by atoms with E-state index >= 15 is 0 Å². The Bertz CT molecular complexity index is 409. The zero-order valence-electron chi connectivity index (χ0n) is 11.4. The fraction of sp³-hybridized carbons (Fsp3) is 0.600. The first kappa shape index (κ1) is 14.6. The van der Waals surface area contributed by atoms with Gasteiger partial charge < -0.3 is 4.74 Å². The Hall–Kier alpha value is -0.800. The topological polar surface area (TPSA) is 12.5 Å². The molecular formula is C15H21ClFNO. The summed E-state index contributed by atoms with van der Waals surface area (Å²) >= 11 is 5.77. The highest BCUT2D eigenvalue weighted by Gasteiger charge is 2.25. The van der Waals surface area contributed by atoms with Crippen LogP contribution in [0.3, 0.4) is 0 Å². The minimum atomic E-state index is -0.236. The molecule has 1 fully saturated rings. The van der Waals surface area contributed by atoms with Gasteiger partial charge in [0.2, 0.25) is 0 Å². The van der Waals surface area contributed by atoms with Crippen LogP contribution in [0.25, 0.3) is 0 Å². The van der Waals surface area contributed by atoms with Crippen molar-refractivity contribution >= 4 is 11.6 Å². The smallest absolute Gasteiger partial charge is 0.169 e. The molecular weight excluding hydrogens is 265 g/mol. The molecule has 0 heterocycles. The summed E-state index contributed by atoms with van der Waals surface area (Å²) in [7, 11) is 1.50. The minimum absolute atomic E-state index is 0.236. The van der Waals surface area contributed by atoms with Crippen LogP contribution in [0.1, 0.15) is 31.2 Å². The number of benzene rings is 1. The highest BCUT2D eigenvalue weighted by atomic mass is 35.5. The van der Waals surface area contributed by atoms with Crippen molar-refractivity contribution in [3.63, 3.8) is 0 Å². The molecule has 0 atom stereocenters. The molecule has 106 valence electrons. The molecule has 19 heavy (non-hydrogen) atoms. The normalized spacial score (nSPS) is 15.6. The zero-order chi connectivity index (χ0) is 13.7. The standard InChI is InChI=1S/C15H21ClFNO/c1-19-14-8-2-5-12(15(14)17)11-18(10-4-9-16)13-6-3-7-13/h2,5,8,13H,3-4,6-7,9-11H2,1H3. The number of hydrogen-bond donors (Lipinski definition) is 0. The van der Waals surface area contributed by atoms with Crippen molar-refractivity contribution in [2.45, 2.75) is 38.3 Å². The molecule has 0 bridgehead atoms. The van der Waals surface area contributed by atoms with E-state index in [4.69, 9.17) is 16.3 Å². The molecule has 2 rings (SSSR count). The van der Waals surface area contributed by atoms with Crippen LogP contribution < -0.4 is 4.74 Å². The lowest BCUT2D eigenvalue weighted by Crippen LogP contribution is -2.40. The molecule has 2 nitrogen and oxygen atoms in total. The van der Waals surface area contributed by atoms with Crippen molar-refractivity contribution in [1.82, 2.24) is 4.90 Å². The Labute approximate surface area is 119 Å². The van der Waals surface area contributed by atoms with Crippen LogP contribution in [0.4, 0.5) is 4.39 Å². The summed E-state index contributed by atoms with van der Waals surface area (Å²) in [5.74, 6) is 0.743. The van der Waals surface area contributed by atoms with Gasteiger partial charge in [-0.15, -0.1) is 11.6 Å². The quantitative estimate of drug-likeness (QED) is 0.706. The zero-order valence-corrected chi connectivity index (χ0v) is 12.1. The van der Waals surface area contributed by atoms with Crippen molar-refractivity contribution in [2.75, 3.05) is 19.5 Å². The van der Waals surface area contributed by atoms with Crippen LogP contribution in [0.15, 0.2) is 18.2 Å². The van der Waals surface area contributed by atoms with Gasteiger partial charge in [-0.05, 0) is 31.9 Å². The summed E-state index contributed by atoms with van der Waals surface area (Å²) < 4.78 is 19.2. The maximum atomic E-state index is 14.2. The van der Waals surface area contributed by atoms with E-state index in [-0.39, 0.29) is 5.82 Å². The van der Waals surface area contributed by atoms with E-state index < -0.39 is 0 Å². The number of nitrogens with zero attached hydrogens (tertiary/aromatic N) is 1. The number of halogens is 2. The lowest BCUT2D eigenvalue weighted by molar-refractivity contribution is 0.118. The largest absolute Gasteiger partial charge is 0.494 e. The van der Waals surface area contributed by atoms with Gasteiger partial charge in [0.05, 0.1) is 7.11 Å². The minimum Gasteiger partial charge on any atom is -0.494 e. The summed E-state index contributed by atoms with van der Waals surface area (Å²) in [4.78, 5) is 2.35. The molecule has 0 unspecified atom stereocenters. The Morgan fingerprint density at radius 3 is 2.79 bits per heavy atom. The lowest BCUT2D eigenvalue weighted by Gasteiger charge is -2.37. The van der Waals surface area contributed by atoms with Gasteiger partial charge in [0.15, 0.2) is 11.6 Å². The summed E-state index contributed by atoms with van der Waals surface area (Å²) in [5.41, 5.74) is 0.709. The number of ether oxygens (including phenoxy) is 1. The van der Waals surface area contributed by atoms with Crippen LogP contribution >= 0.6 is 11.6 Å². The van der Waals surface area contributed by atoms with Crippen LogP contribution in [-0.2, 0) is 6.54 Å².